The first-order valence-electron chi connectivity index (χ1n) is 9.45. The Morgan fingerprint density at radius 3 is 2.28 bits per heavy atom. The minimum Gasteiger partial charge on any atom is -0.508 e. The molecule has 0 aliphatic carbocycles. The molecule has 0 aliphatic rings. The standard InChI is InChI=1S/C24H23NO4/c26-21-13-10-19(11-14-21)16-23(27)25-22-9-5-4-8-20(22)17-29-24(28)15-12-18-6-2-1-3-7-18/h1-11,13-14,26H,12,15-17H2,(H,25,27). The van der Waals surface area contributed by atoms with Gasteiger partial charge in [-0.1, -0.05) is 60.7 Å². The van der Waals surface area contributed by atoms with Crippen molar-refractivity contribution in [3.63, 3.8) is 0 Å². The van der Waals surface area contributed by atoms with Crippen LogP contribution in [0.15, 0.2) is 78.9 Å². The number of nitrogens with one attached hydrogen (secondary N) is 1. The number of aromatic hydroxyl groups is 1. The van der Waals surface area contributed by atoms with Crippen molar-refractivity contribution in [2.45, 2.75) is 25.9 Å². The Hall–Kier alpha value is -3.60. The lowest BCUT2D eigenvalue weighted by molar-refractivity contribution is -0.144. The zero-order chi connectivity index (χ0) is 20.5. The number of phenols is 1. The molecule has 0 saturated heterocycles. The molecule has 3 aromatic carbocycles. The molecule has 5 nitrogen and oxygen atoms in total. The normalized spacial score (nSPS) is 10.3. The van der Waals surface area contributed by atoms with Crippen molar-refractivity contribution in [2.75, 3.05) is 5.32 Å². The Bertz CT molecular complexity index is 952. The molecule has 0 saturated carbocycles. The molecule has 3 aromatic rings. The van der Waals surface area contributed by atoms with Crippen LogP contribution in [0.1, 0.15) is 23.1 Å². The molecule has 1 amide bonds. The second-order valence-electron chi connectivity index (χ2n) is 6.69. The van der Waals surface area contributed by atoms with Crippen molar-refractivity contribution in [3.05, 3.63) is 95.6 Å². The molecular formula is C24H23NO4. The summed E-state index contributed by atoms with van der Waals surface area (Å²) in [5.74, 6) is -0.300. The fourth-order valence-corrected chi connectivity index (χ4v) is 2.88. The van der Waals surface area contributed by atoms with Gasteiger partial charge < -0.3 is 15.2 Å². The molecule has 2 N–H and O–H groups in total. The van der Waals surface area contributed by atoms with Crippen LogP contribution >= 0.6 is 0 Å². The van der Waals surface area contributed by atoms with E-state index < -0.39 is 0 Å². The molecule has 0 bridgehead atoms. The minimum absolute atomic E-state index is 0.100. The van der Waals surface area contributed by atoms with E-state index in [4.69, 9.17) is 4.74 Å². The molecular weight excluding hydrogens is 366 g/mol. The SMILES string of the molecule is O=C(Cc1ccc(O)cc1)Nc1ccccc1COC(=O)CCc1ccccc1. The van der Waals surface area contributed by atoms with Gasteiger partial charge in [0.15, 0.2) is 0 Å². The van der Waals surface area contributed by atoms with Crippen LogP contribution in [0, 0.1) is 0 Å². The van der Waals surface area contributed by atoms with Gasteiger partial charge in [0.05, 0.1) is 6.42 Å². The summed E-state index contributed by atoms with van der Waals surface area (Å²) in [6.45, 7) is 0.100. The number of rotatable bonds is 8. The molecule has 0 heterocycles. The Labute approximate surface area is 170 Å². The number of para-hydroxylation sites is 1. The van der Waals surface area contributed by atoms with Gasteiger partial charge in [-0.25, -0.2) is 0 Å². The first-order chi connectivity index (χ1) is 14.1. The van der Waals surface area contributed by atoms with E-state index in [9.17, 15) is 14.7 Å². The van der Waals surface area contributed by atoms with Gasteiger partial charge in [0.2, 0.25) is 5.91 Å². The van der Waals surface area contributed by atoms with Crippen molar-refractivity contribution in [2.24, 2.45) is 0 Å². The monoisotopic (exact) mass is 389 g/mol. The van der Waals surface area contributed by atoms with Crippen LogP contribution in [0.2, 0.25) is 0 Å². The molecule has 0 aromatic heterocycles. The quantitative estimate of drug-likeness (QED) is 0.565. The zero-order valence-electron chi connectivity index (χ0n) is 16.0. The van der Waals surface area contributed by atoms with Crippen LogP contribution in [0.25, 0.3) is 0 Å². The number of benzene rings is 3. The maximum atomic E-state index is 12.3. The number of esters is 1. The number of carbonyl (C=O) groups excluding carboxylic acids is 2. The van der Waals surface area contributed by atoms with Crippen LogP contribution in [-0.4, -0.2) is 17.0 Å². The second-order valence-corrected chi connectivity index (χ2v) is 6.69. The summed E-state index contributed by atoms with van der Waals surface area (Å²) >= 11 is 0. The highest BCUT2D eigenvalue weighted by Crippen LogP contribution is 2.18. The maximum Gasteiger partial charge on any atom is 0.306 e. The predicted molar refractivity (Wildman–Crippen MR) is 111 cm³/mol. The van der Waals surface area contributed by atoms with E-state index in [2.05, 4.69) is 5.32 Å². The number of carbonyl (C=O) groups is 2. The number of anilines is 1. The van der Waals surface area contributed by atoms with Crippen molar-refractivity contribution >= 4 is 17.6 Å². The summed E-state index contributed by atoms with van der Waals surface area (Å²) in [5, 5.41) is 12.2. The third-order valence-corrected chi connectivity index (χ3v) is 4.44. The number of amides is 1. The average molecular weight is 389 g/mol. The van der Waals surface area contributed by atoms with Crippen LogP contribution in [-0.2, 0) is 33.8 Å². The van der Waals surface area contributed by atoms with Crippen molar-refractivity contribution in [3.8, 4) is 5.75 Å². The van der Waals surface area contributed by atoms with Gasteiger partial charge in [-0.2, -0.15) is 0 Å². The molecule has 3 rings (SSSR count). The average Bonchev–Trinajstić information content (AvgIpc) is 2.74. The predicted octanol–water partition coefficient (Wildman–Crippen LogP) is 4.25. The molecule has 0 aliphatic heterocycles. The van der Waals surface area contributed by atoms with Crippen molar-refractivity contribution < 1.29 is 19.4 Å². The lowest BCUT2D eigenvalue weighted by Gasteiger charge is -2.12. The van der Waals surface area contributed by atoms with Crippen molar-refractivity contribution in [1.29, 1.82) is 0 Å². The van der Waals surface area contributed by atoms with Crippen LogP contribution in [0.4, 0.5) is 5.69 Å². The lowest BCUT2D eigenvalue weighted by atomic mass is 10.1. The van der Waals surface area contributed by atoms with Gasteiger partial charge in [-0.3, -0.25) is 9.59 Å². The Morgan fingerprint density at radius 2 is 1.52 bits per heavy atom. The largest absolute Gasteiger partial charge is 0.508 e. The third kappa shape index (κ3) is 6.50. The van der Waals surface area contributed by atoms with E-state index in [1.807, 2.05) is 48.5 Å². The molecule has 0 unspecified atom stereocenters. The van der Waals surface area contributed by atoms with Crippen LogP contribution in [0.3, 0.4) is 0 Å². The van der Waals surface area contributed by atoms with E-state index in [0.29, 0.717) is 18.5 Å². The van der Waals surface area contributed by atoms with Gasteiger partial charge in [0, 0.05) is 17.7 Å². The number of phenolic OH excluding ortho intramolecular Hbond substituents is 1. The molecule has 0 fully saturated rings. The molecule has 5 heteroatoms. The number of hydrogen-bond donors (Lipinski definition) is 2. The Kier molecular flexibility index (Phi) is 7.00. The molecule has 148 valence electrons. The van der Waals surface area contributed by atoms with Crippen LogP contribution in [0.5, 0.6) is 5.75 Å². The fraction of sp³-hybridized carbons (Fsp3) is 0.167. The first-order valence-corrected chi connectivity index (χ1v) is 9.45. The summed E-state index contributed by atoms with van der Waals surface area (Å²) < 4.78 is 5.39. The van der Waals surface area contributed by atoms with E-state index in [1.54, 1.807) is 30.3 Å². The highest BCUT2D eigenvalue weighted by Gasteiger charge is 2.10. The first kappa shape index (κ1) is 20.1. The van der Waals surface area contributed by atoms with E-state index in [0.717, 1.165) is 16.7 Å². The van der Waals surface area contributed by atoms with Gasteiger partial charge in [-0.05, 0) is 35.7 Å². The number of hydrogen-bond acceptors (Lipinski definition) is 4. The smallest absolute Gasteiger partial charge is 0.306 e. The highest BCUT2D eigenvalue weighted by molar-refractivity contribution is 5.93. The van der Waals surface area contributed by atoms with Gasteiger partial charge in [-0.15, -0.1) is 0 Å². The Balaban J connectivity index is 1.52. The van der Waals surface area contributed by atoms with E-state index >= 15 is 0 Å². The summed E-state index contributed by atoms with van der Waals surface area (Å²) in [7, 11) is 0. The topological polar surface area (TPSA) is 75.6 Å². The van der Waals surface area contributed by atoms with E-state index in [1.165, 1.54) is 0 Å². The van der Waals surface area contributed by atoms with Crippen molar-refractivity contribution in [1.82, 2.24) is 0 Å². The lowest BCUT2D eigenvalue weighted by Crippen LogP contribution is -2.16. The van der Waals surface area contributed by atoms with Crippen LogP contribution < -0.4 is 5.32 Å². The molecule has 0 spiro atoms. The number of aryl methyl sites for hydroxylation is 1. The second kappa shape index (κ2) is 10.1. The fourth-order valence-electron chi connectivity index (χ4n) is 2.88. The van der Waals surface area contributed by atoms with Gasteiger partial charge >= 0.3 is 5.97 Å². The number of ether oxygens (including phenoxy) is 1. The minimum atomic E-state index is -0.279. The molecule has 0 atom stereocenters. The highest BCUT2D eigenvalue weighted by atomic mass is 16.5. The van der Waals surface area contributed by atoms with E-state index in [-0.39, 0.29) is 30.7 Å². The Morgan fingerprint density at radius 1 is 0.828 bits per heavy atom. The third-order valence-electron chi connectivity index (χ3n) is 4.44. The molecule has 0 radical (unpaired) electrons. The summed E-state index contributed by atoms with van der Waals surface area (Å²) in [5.41, 5.74) is 3.24. The van der Waals surface area contributed by atoms with Gasteiger partial charge in [0.25, 0.3) is 0 Å². The maximum absolute atomic E-state index is 12.3. The summed E-state index contributed by atoms with van der Waals surface area (Å²) in [6.07, 6.45) is 1.12. The summed E-state index contributed by atoms with van der Waals surface area (Å²) in [4.78, 5) is 24.4. The zero-order valence-corrected chi connectivity index (χ0v) is 16.0. The molecule has 29 heavy (non-hydrogen) atoms. The van der Waals surface area contributed by atoms with Gasteiger partial charge in [0.1, 0.15) is 12.4 Å². The summed E-state index contributed by atoms with van der Waals surface area (Å²) in [6, 6.07) is 23.5.